The van der Waals surface area contributed by atoms with Crippen molar-refractivity contribution in [2.24, 2.45) is 0 Å². The zero-order valence-corrected chi connectivity index (χ0v) is 10.8. The highest BCUT2D eigenvalue weighted by Crippen LogP contribution is 2.57. The molecule has 0 aliphatic heterocycles. The van der Waals surface area contributed by atoms with Gasteiger partial charge in [-0.25, -0.2) is 9.13 Å². The maximum absolute atomic E-state index is 10.8. The van der Waals surface area contributed by atoms with Gasteiger partial charge >= 0.3 is 15.6 Å². The van der Waals surface area contributed by atoms with Gasteiger partial charge in [0.25, 0.3) is 0 Å². The van der Waals surface area contributed by atoms with Crippen LogP contribution in [0, 0.1) is 0 Å². The Balaban J connectivity index is 3.95. The van der Waals surface area contributed by atoms with Crippen molar-refractivity contribution in [3.63, 3.8) is 0 Å². The second kappa shape index (κ2) is 6.44. The minimum atomic E-state index is -5.07. The van der Waals surface area contributed by atoms with Crippen LogP contribution in [0.25, 0.3) is 0 Å². The molecule has 1 unspecified atom stereocenters. The molecule has 8 nitrogen and oxygen atoms in total. The van der Waals surface area contributed by atoms with Gasteiger partial charge in [-0.05, 0) is 6.42 Å². The third-order valence-electron chi connectivity index (χ3n) is 1.09. The highest BCUT2D eigenvalue weighted by molar-refractivity contribution is 9.09. The van der Waals surface area contributed by atoms with Gasteiger partial charge in [0.05, 0.1) is 12.7 Å². The molecule has 92 valence electrons. The van der Waals surface area contributed by atoms with Gasteiger partial charge in [-0.1, -0.05) is 15.9 Å². The smallest absolute Gasteiger partial charge is 0.392 e. The molecule has 0 aliphatic rings. The molecular weight excluding hydrogens is 318 g/mol. The standard InChI is InChI=1S/C4H11BrO8P2/c5-3-4(6)1-2-12-15(10,11)13-14(7,8)9/h4,6H,1-3H2,(H,10,11)(H2,7,8,9)/t4-/m1/s1. The van der Waals surface area contributed by atoms with E-state index in [1.165, 1.54) is 0 Å². The summed E-state index contributed by atoms with van der Waals surface area (Å²) < 4.78 is 28.7. The van der Waals surface area contributed by atoms with E-state index in [2.05, 4.69) is 24.8 Å². The Hall–Kier alpha value is 0.700. The SMILES string of the molecule is O=P(O)(O)OP(=O)(O)OCC[C@@H](O)CBr. The molecule has 0 bridgehead atoms. The fourth-order valence-corrected chi connectivity index (χ4v) is 2.46. The second-order valence-electron chi connectivity index (χ2n) is 2.47. The van der Waals surface area contributed by atoms with Gasteiger partial charge in [-0.2, -0.15) is 4.31 Å². The number of rotatable bonds is 7. The maximum atomic E-state index is 10.8. The molecule has 0 aliphatic carbocycles. The summed E-state index contributed by atoms with van der Waals surface area (Å²) in [6, 6.07) is 0. The van der Waals surface area contributed by atoms with Crippen molar-refractivity contribution < 1.29 is 37.8 Å². The maximum Gasteiger partial charge on any atom is 0.481 e. The molecule has 11 heteroatoms. The van der Waals surface area contributed by atoms with E-state index >= 15 is 0 Å². The fourth-order valence-electron chi connectivity index (χ4n) is 0.539. The number of aliphatic hydroxyl groups is 1. The quantitative estimate of drug-likeness (QED) is 0.389. The van der Waals surface area contributed by atoms with Crippen LogP contribution in [-0.2, 0) is 18.0 Å². The van der Waals surface area contributed by atoms with Crippen LogP contribution in [-0.4, -0.2) is 37.8 Å². The molecule has 0 saturated carbocycles. The van der Waals surface area contributed by atoms with E-state index < -0.39 is 21.7 Å². The number of phosphoric acid groups is 2. The largest absolute Gasteiger partial charge is 0.481 e. The van der Waals surface area contributed by atoms with Crippen LogP contribution in [0.15, 0.2) is 0 Å². The first-order valence-electron chi connectivity index (χ1n) is 3.64. The second-order valence-corrected chi connectivity index (χ2v) is 5.95. The Morgan fingerprint density at radius 3 is 2.20 bits per heavy atom. The van der Waals surface area contributed by atoms with Gasteiger partial charge in [-0.15, -0.1) is 0 Å². The van der Waals surface area contributed by atoms with Crippen molar-refractivity contribution in [3.8, 4) is 0 Å². The Morgan fingerprint density at radius 2 is 1.80 bits per heavy atom. The number of hydrogen-bond acceptors (Lipinski definition) is 5. The van der Waals surface area contributed by atoms with E-state index in [0.29, 0.717) is 0 Å². The van der Waals surface area contributed by atoms with Gasteiger partial charge in [0, 0.05) is 5.33 Å². The minimum Gasteiger partial charge on any atom is -0.392 e. The van der Waals surface area contributed by atoms with Crippen molar-refractivity contribution in [3.05, 3.63) is 0 Å². The molecule has 0 amide bonds. The van der Waals surface area contributed by atoms with Crippen molar-refractivity contribution in [1.29, 1.82) is 0 Å². The molecule has 0 rings (SSSR count). The Kier molecular flexibility index (Phi) is 6.74. The number of hydrogen-bond donors (Lipinski definition) is 4. The van der Waals surface area contributed by atoms with Crippen LogP contribution in [0.4, 0.5) is 0 Å². The molecule has 0 radical (unpaired) electrons. The van der Waals surface area contributed by atoms with Crippen LogP contribution in [0.3, 0.4) is 0 Å². The predicted molar refractivity (Wildman–Crippen MR) is 53.3 cm³/mol. The van der Waals surface area contributed by atoms with Gasteiger partial charge in [0.15, 0.2) is 0 Å². The topological polar surface area (TPSA) is 134 Å². The summed E-state index contributed by atoms with van der Waals surface area (Å²) in [5, 5.41) is 9.25. The van der Waals surface area contributed by atoms with E-state index in [-0.39, 0.29) is 18.4 Å². The van der Waals surface area contributed by atoms with E-state index in [1.54, 1.807) is 0 Å². The Morgan fingerprint density at radius 1 is 1.27 bits per heavy atom. The lowest BCUT2D eigenvalue weighted by Crippen LogP contribution is -2.11. The molecule has 0 aromatic carbocycles. The summed E-state index contributed by atoms with van der Waals surface area (Å²) in [7, 11) is -9.84. The van der Waals surface area contributed by atoms with E-state index in [4.69, 9.17) is 19.8 Å². The summed E-state index contributed by atoms with van der Waals surface area (Å²) in [4.78, 5) is 25.2. The zero-order valence-electron chi connectivity index (χ0n) is 7.39. The molecule has 2 atom stereocenters. The number of phosphoric ester groups is 1. The molecular formula is C4H11BrO8P2. The van der Waals surface area contributed by atoms with Crippen molar-refractivity contribution >= 4 is 31.6 Å². The normalized spacial score (nSPS) is 18.5. The first-order chi connectivity index (χ1) is 6.66. The lowest BCUT2D eigenvalue weighted by atomic mass is 10.3. The molecule has 0 aromatic rings. The number of alkyl halides is 1. The molecule has 0 spiro atoms. The Bertz CT molecular complexity index is 276. The molecule has 0 saturated heterocycles. The average molecular weight is 329 g/mol. The van der Waals surface area contributed by atoms with Crippen LogP contribution in [0.1, 0.15) is 6.42 Å². The predicted octanol–water partition coefficient (Wildman–Crippen LogP) is 0.359. The molecule has 15 heavy (non-hydrogen) atoms. The first kappa shape index (κ1) is 15.7. The average Bonchev–Trinajstić information content (AvgIpc) is 1.98. The molecule has 0 fully saturated rings. The van der Waals surface area contributed by atoms with Crippen LogP contribution in [0.5, 0.6) is 0 Å². The van der Waals surface area contributed by atoms with Crippen LogP contribution >= 0.6 is 31.6 Å². The van der Waals surface area contributed by atoms with Gasteiger partial charge in [0.1, 0.15) is 0 Å². The first-order valence-corrected chi connectivity index (χ1v) is 7.79. The van der Waals surface area contributed by atoms with Crippen molar-refractivity contribution in [2.45, 2.75) is 12.5 Å². The Labute approximate surface area is 94.2 Å². The molecule has 0 heterocycles. The number of aliphatic hydroxyl groups excluding tert-OH is 1. The minimum absolute atomic E-state index is 0.0281. The monoisotopic (exact) mass is 328 g/mol. The highest BCUT2D eigenvalue weighted by atomic mass is 79.9. The zero-order chi connectivity index (χ0) is 12.1. The van der Waals surface area contributed by atoms with Gasteiger partial charge < -0.3 is 19.8 Å². The van der Waals surface area contributed by atoms with E-state index in [1.807, 2.05) is 0 Å². The van der Waals surface area contributed by atoms with E-state index in [0.717, 1.165) is 0 Å². The highest BCUT2D eigenvalue weighted by Gasteiger charge is 2.32. The van der Waals surface area contributed by atoms with Crippen molar-refractivity contribution in [1.82, 2.24) is 0 Å². The van der Waals surface area contributed by atoms with Crippen LogP contribution in [0.2, 0.25) is 0 Å². The lowest BCUT2D eigenvalue weighted by Gasteiger charge is -2.13. The summed E-state index contributed by atoms with van der Waals surface area (Å²) in [5.41, 5.74) is 0. The molecule has 0 aromatic heterocycles. The summed E-state index contributed by atoms with van der Waals surface area (Å²) in [6.45, 7) is -0.361. The van der Waals surface area contributed by atoms with Gasteiger partial charge in [0.2, 0.25) is 0 Å². The third-order valence-corrected chi connectivity index (χ3v) is 4.03. The summed E-state index contributed by atoms with van der Waals surface area (Å²) in [6.07, 6.45) is -0.750. The van der Waals surface area contributed by atoms with Crippen molar-refractivity contribution in [2.75, 3.05) is 11.9 Å². The van der Waals surface area contributed by atoms with E-state index in [9.17, 15) is 9.13 Å². The van der Waals surface area contributed by atoms with Crippen LogP contribution < -0.4 is 0 Å². The lowest BCUT2D eigenvalue weighted by molar-refractivity contribution is 0.135. The molecule has 4 N–H and O–H groups in total. The van der Waals surface area contributed by atoms with Gasteiger partial charge in [-0.3, -0.25) is 4.52 Å². The number of halogens is 1. The summed E-state index contributed by atoms with van der Waals surface area (Å²) in [5.74, 6) is 0. The third kappa shape index (κ3) is 9.62. The summed E-state index contributed by atoms with van der Waals surface area (Å²) >= 11 is 2.95. The fraction of sp³-hybridized carbons (Fsp3) is 1.00.